The number of imide groups is 1. The minimum absolute atomic E-state index is 0.217. The van der Waals surface area contributed by atoms with Gasteiger partial charge in [-0.1, -0.05) is 24.3 Å². The van der Waals surface area contributed by atoms with Crippen molar-refractivity contribution in [1.29, 1.82) is 0 Å². The Labute approximate surface area is 228 Å². The van der Waals surface area contributed by atoms with Gasteiger partial charge in [-0.2, -0.15) is 0 Å². The Kier molecular flexibility index (Phi) is 11.2. The summed E-state index contributed by atoms with van der Waals surface area (Å²) in [5.41, 5.74) is 3.85. The van der Waals surface area contributed by atoms with Crippen LogP contribution in [-0.2, 0) is 11.3 Å². The molecule has 1 saturated heterocycles. The van der Waals surface area contributed by atoms with E-state index in [0.717, 1.165) is 78.1 Å². The highest BCUT2D eigenvalue weighted by Crippen LogP contribution is 2.25. The summed E-state index contributed by atoms with van der Waals surface area (Å²) in [5, 5.41) is 1.69. The molecule has 2 heterocycles. The highest BCUT2D eigenvalue weighted by Gasteiger charge is 2.22. The van der Waals surface area contributed by atoms with Crippen molar-refractivity contribution in [2.45, 2.75) is 40.2 Å². The lowest BCUT2D eigenvalue weighted by Gasteiger charge is -2.34. The third-order valence-corrected chi connectivity index (χ3v) is 7.13. The lowest BCUT2D eigenvalue weighted by molar-refractivity contribution is -0.108. The predicted molar refractivity (Wildman–Crippen MR) is 154 cm³/mol. The zero-order valence-electron chi connectivity index (χ0n) is 22.5. The van der Waals surface area contributed by atoms with Gasteiger partial charge >= 0.3 is 0 Å². The van der Waals surface area contributed by atoms with Crippen LogP contribution in [0, 0.1) is 11.7 Å². The lowest BCUT2D eigenvalue weighted by Crippen LogP contribution is -2.38. The van der Waals surface area contributed by atoms with Crippen LogP contribution in [0.2, 0.25) is 0 Å². The molecule has 2 aromatic rings. The van der Waals surface area contributed by atoms with E-state index < -0.39 is 5.24 Å². The zero-order chi connectivity index (χ0) is 27.5. The number of nitrogens with zero attached hydrogens (tertiary/aromatic N) is 4. The zero-order valence-corrected chi connectivity index (χ0v) is 23.3. The van der Waals surface area contributed by atoms with Gasteiger partial charge in [0.1, 0.15) is 5.82 Å². The molecule has 0 unspecified atom stereocenters. The van der Waals surface area contributed by atoms with Crippen LogP contribution < -0.4 is 10.2 Å². The Morgan fingerprint density at radius 1 is 1.26 bits per heavy atom. The number of amides is 2. The van der Waals surface area contributed by atoms with Gasteiger partial charge in [0.05, 0.1) is 5.69 Å². The molecule has 38 heavy (non-hydrogen) atoms. The van der Waals surface area contributed by atoms with Crippen molar-refractivity contribution < 1.29 is 14.0 Å². The fourth-order valence-electron chi connectivity index (χ4n) is 4.55. The highest BCUT2D eigenvalue weighted by atomic mass is 32.2. The van der Waals surface area contributed by atoms with E-state index in [4.69, 9.17) is 0 Å². The standard InChI is InChI=1S/C29H36FN5O2S/c1-5-6-7-21(2)27-17-25(30)9-8-24(27)19-34(4)18-23-11-14-35(15-12-23)28-31-13-10-26(33-28)16-22(3)38-29(37)32-20-36/h5-10,13,16-17,20,23H,11-12,14-15,18-19H2,1-4H3,(H,32,36,37)/b6-5-,21-7+,22-16-. The molecule has 9 heteroatoms. The van der Waals surface area contributed by atoms with Crippen molar-refractivity contribution in [2.75, 3.05) is 31.6 Å². The van der Waals surface area contributed by atoms with E-state index >= 15 is 0 Å². The molecule has 2 amide bonds. The van der Waals surface area contributed by atoms with Crippen LogP contribution in [0.3, 0.4) is 0 Å². The minimum Gasteiger partial charge on any atom is -0.341 e. The van der Waals surface area contributed by atoms with Gasteiger partial charge in [-0.05, 0) is 104 Å². The summed E-state index contributed by atoms with van der Waals surface area (Å²) < 4.78 is 14.0. The van der Waals surface area contributed by atoms with Crippen molar-refractivity contribution in [3.63, 3.8) is 0 Å². The van der Waals surface area contributed by atoms with Gasteiger partial charge in [0, 0.05) is 32.4 Å². The summed E-state index contributed by atoms with van der Waals surface area (Å²) in [4.78, 5) is 36.4. The SMILES string of the molecule is C/C=C\C=C(/C)c1cc(F)ccc1CN(C)CC1CCN(c2nccc(/C=C(/C)SC(=O)NC=O)n2)CC1. The topological polar surface area (TPSA) is 78.4 Å². The smallest absolute Gasteiger partial charge is 0.289 e. The second kappa shape index (κ2) is 14.6. The second-order valence-electron chi connectivity index (χ2n) is 9.49. The molecule has 0 spiro atoms. The monoisotopic (exact) mass is 537 g/mol. The number of carbonyl (C=O) groups excluding carboxylic acids is 2. The van der Waals surface area contributed by atoms with Gasteiger partial charge < -0.3 is 9.80 Å². The molecule has 1 aromatic heterocycles. The van der Waals surface area contributed by atoms with Crippen LogP contribution in [0.25, 0.3) is 11.6 Å². The predicted octanol–water partition coefficient (Wildman–Crippen LogP) is 5.90. The van der Waals surface area contributed by atoms with E-state index in [1.54, 1.807) is 31.3 Å². The molecule has 0 saturated carbocycles. The summed E-state index contributed by atoms with van der Waals surface area (Å²) in [6.07, 6.45) is 11.9. The number of piperidine rings is 1. The Morgan fingerprint density at radius 2 is 2.03 bits per heavy atom. The molecular weight excluding hydrogens is 501 g/mol. The van der Waals surface area contributed by atoms with E-state index in [-0.39, 0.29) is 5.82 Å². The minimum atomic E-state index is -0.425. The molecule has 1 N–H and O–H groups in total. The van der Waals surface area contributed by atoms with Gasteiger partial charge in [-0.3, -0.25) is 14.9 Å². The number of thioether (sulfide) groups is 1. The molecule has 0 bridgehead atoms. The quantitative estimate of drug-likeness (QED) is 0.298. The number of anilines is 1. The van der Waals surface area contributed by atoms with Crippen molar-refractivity contribution >= 4 is 41.0 Å². The first-order chi connectivity index (χ1) is 18.3. The number of aromatic nitrogens is 2. The van der Waals surface area contributed by atoms with E-state index in [0.29, 0.717) is 18.3 Å². The van der Waals surface area contributed by atoms with Crippen molar-refractivity contribution in [3.8, 4) is 0 Å². The maximum atomic E-state index is 14.0. The first kappa shape index (κ1) is 29.3. The van der Waals surface area contributed by atoms with Crippen molar-refractivity contribution in [3.05, 3.63) is 76.2 Å². The van der Waals surface area contributed by atoms with Crippen LogP contribution >= 0.6 is 11.8 Å². The number of nitrogens with one attached hydrogen (secondary N) is 1. The summed E-state index contributed by atoms with van der Waals surface area (Å²) in [6.45, 7) is 9.25. The molecule has 1 fully saturated rings. The fraction of sp³-hybridized carbons (Fsp3) is 0.379. The summed E-state index contributed by atoms with van der Waals surface area (Å²) in [6, 6.07) is 6.86. The number of carbonyl (C=O) groups is 2. The van der Waals surface area contributed by atoms with Crippen LogP contribution in [-0.4, -0.2) is 53.2 Å². The lowest BCUT2D eigenvalue weighted by atomic mass is 9.95. The number of hydrogen-bond acceptors (Lipinski definition) is 7. The summed E-state index contributed by atoms with van der Waals surface area (Å²) >= 11 is 0.950. The van der Waals surface area contributed by atoms with Crippen LogP contribution in [0.5, 0.6) is 0 Å². The third-order valence-electron chi connectivity index (χ3n) is 6.39. The van der Waals surface area contributed by atoms with E-state index in [2.05, 4.69) is 32.1 Å². The molecule has 0 aliphatic carbocycles. The van der Waals surface area contributed by atoms with Gasteiger partial charge in [0.2, 0.25) is 12.4 Å². The van der Waals surface area contributed by atoms with Crippen molar-refractivity contribution in [1.82, 2.24) is 20.2 Å². The maximum Gasteiger partial charge on any atom is 0.289 e. The number of halogens is 1. The second-order valence-corrected chi connectivity index (χ2v) is 10.7. The molecule has 3 rings (SSSR count). The van der Waals surface area contributed by atoms with E-state index in [1.807, 2.05) is 38.1 Å². The largest absolute Gasteiger partial charge is 0.341 e. The number of hydrogen-bond donors (Lipinski definition) is 1. The van der Waals surface area contributed by atoms with Gasteiger partial charge in [0.15, 0.2) is 0 Å². The molecule has 7 nitrogen and oxygen atoms in total. The molecule has 0 radical (unpaired) electrons. The van der Waals surface area contributed by atoms with Gasteiger partial charge in [-0.25, -0.2) is 14.4 Å². The average Bonchev–Trinajstić information content (AvgIpc) is 2.89. The highest BCUT2D eigenvalue weighted by molar-refractivity contribution is 8.17. The first-order valence-electron chi connectivity index (χ1n) is 12.7. The van der Waals surface area contributed by atoms with Gasteiger partial charge in [0.25, 0.3) is 5.24 Å². The Morgan fingerprint density at radius 3 is 2.74 bits per heavy atom. The molecule has 202 valence electrons. The normalized spacial score (nSPS) is 15.4. The molecule has 1 aliphatic heterocycles. The number of benzene rings is 1. The number of allylic oxidation sites excluding steroid dienone is 5. The maximum absolute atomic E-state index is 14.0. The first-order valence-corrected chi connectivity index (χ1v) is 13.6. The average molecular weight is 538 g/mol. The third kappa shape index (κ3) is 8.92. The summed E-state index contributed by atoms with van der Waals surface area (Å²) in [5.74, 6) is 1.02. The number of rotatable bonds is 10. The van der Waals surface area contributed by atoms with Crippen LogP contribution in [0.15, 0.2) is 53.6 Å². The van der Waals surface area contributed by atoms with Crippen LogP contribution in [0.4, 0.5) is 15.1 Å². The van der Waals surface area contributed by atoms with Crippen LogP contribution in [0.1, 0.15) is 50.4 Å². The fourth-order valence-corrected chi connectivity index (χ4v) is 5.13. The Balaban J connectivity index is 1.56. The van der Waals surface area contributed by atoms with E-state index in [1.165, 1.54) is 6.07 Å². The molecule has 1 aliphatic rings. The molecule has 1 aromatic carbocycles. The summed E-state index contributed by atoms with van der Waals surface area (Å²) in [7, 11) is 2.12. The van der Waals surface area contributed by atoms with Crippen molar-refractivity contribution in [2.24, 2.45) is 5.92 Å². The molecule has 0 atom stereocenters. The van der Waals surface area contributed by atoms with E-state index in [9.17, 15) is 14.0 Å². The van der Waals surface area contributed by atoms with Gasteiger partial charge in [-0.15, -0.1) is 0 Å². The Hall–Kier alpha value is -3.30. The Bertz CT molecular complexity index is 1210. The molecular formula is C29H36FN5O2S.